The Morgan fingerprint density at radius 1 is 0.452 bits per heavy atom. The zero-order valence-electron chi connectivity index (χ0n) is 27.9. The summed E-state index contributed by atoms with van der Waals surface area (Å²) in [5.74, 6) is 0. The summed E-state index contributed by atoms with van der Waals surface area (Å²) in [6, 6.07) is 18.9. The topological polar surface area (TPSA) is 12.4 Å². The molecule has 0 aliphatic carbocycles. The quantitative estimate of drug-likeness (QED) is 0.148. The van der Waals surface area contributed by atoms with Gasteiger partial charge in [0.15, 0.2) is 0 Å². The minimum absolute atomic E-state index is 1.26. The molecule has 0 saturated carbocycles. The van der Waals surface area contributed by atoms with Crippen molar-refractivity contribution in [2.75, 3.05) is 0 Å². The van der Waals surface area contributed by atoms with Gasteiger partial charge in [-0.15, -0.1) is 0 Å². The zero-order chi connectivity index (χ0) is 31.0. The van der Waals surface area contributed by atoms with Crippen LogP contribution < -0.4 is 17.6 Å². The normalized spacial score (nSPS) is 12.0. The predicted molar refractivity (Wildman–Crippen MR) is 190 cm³/mol. The number of hydrogen-bond donors (Lipinski definition) is 0. The van der Waals surface area contributed by atoms with Crippen molar-refractivity contribution in [3.05, 3.63) is 128 Å². The number of rotatable bonds is 7. The van der Waals surface area contributed by atoms with Crippen molar-refractivity contribution in [3.8, 4) is 0 Å². The van der Waals surface area contributed by atoms with Gasteiger partial charge in [0.05, 0.1) is 0 Å². The number of allylic oxidation sites excluding steroid dienone is 1. The summed E-state index contributed by atoms with van der Waals surface area (Å²) < 4.78 is 13.3. The molecule has 216 valence electrons. The van der Waals surface area contributed by atoms with Gasteiger partial charge in [0.1, 0.15) is 0 Å². The molecule has 4 aromatic rings. The molecule has 0 aromatic heterocycles. The van der Waals surface area contributed by atoms with Crippen LogP contribution in [0.5, 0.6) is 0 Å². The van der Waals surface area contributed by atoms with E-state index < -0.39 is 28.9 Å². The van der Waals surface area contributed by atoms with E-state index in [4.69, 9.17) is 3.95 Å². The summed E-state index contributed by atoms with van der Waals surface area (Å²) in [5.41, 5.74) is 16.4. The van der Waals surface area contributed by atoms with Gasteiger partial charge in [-0.3, -0.25) is 0 Å². The summed E-state index contributed by atoms with van der Waals surface area (Å²) in [6.07, 6.45) is 2.14. The molecule has 0 aliphatic rings. The third-order valence-electron chi connectivity index (χ3n) is 8.36. The van der Waals surface area contributed by atoms with Crippen molar-refractivity contribution in [2.24, 2.45) is 3.95 Å². The van der Waals surface area contributed by atoms with Crippen LogP contribution in [0.3, 0.4) is 0 Å². The third kappa shape index (κ3) is 6.48. The van der Waals surface area contributed by atoms with Crippen LogP contribution in [0.2, 0.25) is 0 Å². The number of nitrogens with zero attached hydrogens (tertiary/aromatic N) is 1. The first-order valence-electron chi connectivity index (χ1n) is 15.0. The fourth-order valence-electron chi connectivity index (χ4n) is 7.20. The van der Waals surface area contributed by atoms with E-state index in [2.05, 4.69) is 144 Å². The number of aryl methyl sites for hydroxylation is 12. The van der Waals surface area contributed by atoms with Crippen molar-refractivity contribution in [3.63, 3.8) is 0 Å². The molecule has 4 aromatic carbocycles. The molecule has 1 nitrogen and oxygen atoms in total. The first-order valence-corrected chi connectivity index (χ1v) is 21.2. The Balaban J connectivity index is 2.14. The van der Waals surface area contributed by atoms with Crippen LogP contribution in [0, 0.1) is 83.1 Å². The number of benzene rings is 4. The van der Waals surface area contributed by atoms with Gasteiger partial charge in [0, 0.05) is 0 Å². The van der Waals surface area contributed by atoms with Crippen molar-refractivity contribution in [2.45, 2.75) is 83.1 Å². The van der Waals surface area contributed by atoms with E-state index in [9.17, 15) is 0 Å². The molecule has 0 unspecified atom stereocenters. The number of hydrogen-bond acceptors (Lipinski definition) is 1. The first kappa shape index (κ1) is 32.3. The molecule has 0 bridgehead atoms. The predicted octanol–water partition coefficient (Wildman–Crippen LogP) is 6.97. The molecule has 42 heavy (non-hydrogen) atoms. The Hall–Kier alpha value is -2.62. The summed E-state index contributed by atoms with van der Waals surface area (Å²) >= 11 is -4.82. The Bertz CT molecular complexity index is 1520. The molecule has 0 fully saturated rings. The van der Waals surface area contributed by atoms with Crippen LogP contribution >= 0.6 is 0 Å². The van der Waals surface area contributed by atoms with Gasteiger partial charge in [0.2, 0.25) is 0 Å². The van der Waals surface area contributed by atoms with Gasteiger partial charge in [0.25, 0.3) is 0 Å². The van der Waals surface area contributed by atoms with E-state index >= 15 is 0 Å². The molecule has 2 radical (unpaired) electrons. The monoisotopic (exact) mass is 677 g/mol. The third-order valence-corrected chi connectivity index (χ3v) is 22.8. The molecule has 0 N–H and O–H groups in total. The molecular formula is C39H47Ge2N. The van der Waals surface area contributed by atoms with E-state index in [0.717, 1.165) is 0 Å². The molecule has 0 saturated heterocycles. The van der Waals surface area contributed by atoms with E-state index in [1.54, 1.807) is 0 Å². The molecule has 4 rings (SSSR count). The molecule has 3 heteroatoms. The maximum absolute atomic E-state index is 6.04. The Labute approximate surface area is 264 Å². The molecule has 0 heterocycles. The van der Waals surface area contributed by atoms with Crippen molar-refractivity contribution in [1.82, 2.24) is 0 Å². The van der Waals surface area contributed by atoms with Crippen molar-refractivity contribution in [1.29, 1.82) is 0 Å². The minimum atomic E-state index is -2.44. The molecule has 0 aliphatic heterocycles. The average molecular weight is 675 g/mol. The van der Waals surface area contributed by atoms with E-state index in [1.807, 2.05) is 0 Å². The molecular weight excluding hydrogens is 628 g/mol. The summed E-state index contributed by atoms with van der Waals surface area (Å²) in [6.45, 7) is 31.7. The second kappa shape index (κ2) is 12.9. The Kier molecular flexibility index (Phi) is 9.95. The Morgan fingerprint density at radius 3 is 0.929 bits per heavy atom. The van der Waals surface area contributed by atoms with Gasteiger partial charge >= 0.3 is 266 Å². The molecule has 0 amide bonds. The SMILES string of the molecule is C=C/[C](=[N]/[Ge]([c]1c(C)cc(C)cc1C)[c]1c(C)cc(C)cc1C)[Ge]([c]1c(C)cc(C)cc1C)[c]1c(C)cc(C)cc1C. The van der Waals surface area contributed by atoms with Crippen LogP contribution in [-0.2, 0) is 0 Å². The second-order valence-electron chi connectivity index (χ2n) is 12.5. The van der Waals surface area contributed by atoms with Gasteiger partial charge in [-0.1, -0.05) is 0 Å². The summed E-state index contributed by atoms with van der Waals surface area (Å²) in [7, 11) is 0. The van der Waals surface area contributed by atoms with Gasteiger partial charge in [-0.05, 0) is 0 Å². The maximum atomic E-state index is 6.04. The summed E-state index contributed by atoms with van der Waals surface area (Å²) in [5, 5.41) is 0. The van der Waals surface area contributed by atoms with Crippen molar-refractivity contribution < 1.29 is 0 Å². The molecule has 0 spiro atoms. The van der Waals surface area contributed by atoms with E-state index in [0.29, 0.717) is 0 Å². The molecule has 0 atom stereocenters. The second-order valence-corrected chi connectivity index (χ2v) is 21.3. The average Bonchev–Trinajstić information content (AvgIpc) is 2.83. The van der Waals surface area contributed by atoms with Gasteiger partial charge in [-0.25, -0.2) is 0 Å². The van der Waals surface area contributed by atoms with Gasteiger partial charge in [-0.2, -0.15) is 0 Å². The van der Waals surface area contributed by atoms with Crippen LogP contribution in [0.25, 0.3) is 0 Å². The van der Waals surface area contributed by atoms with Crippen molar-refractivity contribution >= 4 is 51.0 Å². The fraction of sp³-hybridized carbons (Fsp3) is 0.308. The van der Waals surface area contributed by atoms with Gasteiger partial charge < -0.3 is 0 Å². The van der Waals surface area contributed by atoms with Crippen LogP contribution in [0.15, 0.2) is 65.1 Å². The standard InChI is InChI=1S/C39H47Ge2N/c1-14-35(40(36-27(6)15-23(2)16-28(36)7)37-29(8)17-24(3)18-30(37)9)42-41(38-31(10)19-25(4)20-32(38)11)39-33(12)21-26(5)22-34(39)13/h14-22H,1H2,2-13H3/b42-35-. The zero-order valence-corrected chi connectivity index (χ0v) is 32.0. The van der Waals surface area contributed by atoms with E-state index in [1.165, 1.54) is 88.9 Å². The van der Waals surface area contributed by atoms with E-state index in [-0.39, 0.29) is 0 Å². The van der Waals surface area contributed by atoms with Crippen LogP contribution in [0.1, 0.15) is 66.8 Å². The fourth-order valence-corrected chi connectivity index (χ4v) is 21.2. The summed E-state index contributed by atoms with van der Waals surface area (Å²) in [4.78, 5) is 0. The van der Waals surface area contributed by atoms with Crippen LogP contribution in [0.4, 0.5) is 0 Å². The Morgan fingerprint density at radius 2 is 0.690 bits per heavy atom. The van der Waals surface area contributed by atoms with Crippen LogP contribution in [-0.4, -0.2) is 33.5 Å². The first-order chi connectivity index (χ1) is 19.7.